The molecule has 176 valence electrons. The first-order valence-electron chi connectivity index (χ1n) is 10.5. The first-order chi connectivity index (χ1) is 14.6. The molecule has 8 nitrogen and oxygen atoms in total. The molecule has 0 aliphatic carbocycles. The monoisotopic (exact) mass is 547 g/mol. The Morgan fingerprint density at radius 2 is 1.81 bits per heavy atom. The Kier molecular flexibility index (Phi) is 13.3. The number of halogens is 1. The second-order valence-corrected chi connectivity index (χ2v) is 7.26. The van der Waals surface area contributed by atoms with E-state index < -0.39 is 0 Å². The summed E-state index contributed by atoms with van der Waals surface area (Å²) in [5.74, 6) is 2.44. The van der Waals surface area contributed by atoms with Crippen LogP contribution in [0, 0.1) is 0 Å². The summed E-state index contributed by atoms with van der Waals surface area (Å²) in [4.78, 5) is 10.1. The Labute approximate surface area is 203 Å². The van der Waals surface area contributed by atoms with Gasteiger partial charge in [-0.3, -0.25) is 4.99 Å². The fourth-order valence-corrected chi connectivity index (χ4v) is 3.32. The van der Waals surface area contributed by atoms with Gasteiger partial charge in [0.1, 0.15) is 11.5 Å². The average molecular weight is 547 g/mol. The van der Waals surface area contributed by atoms with Crippen LogP contribution in [-0.4, -0.2) is 84.1 Å². The van der Waals surface area contributed by atoms with E-state index in [1.165, 1.54) is 5.69 Å². The minimum Gasteiger partial charge on any atom is -0.497 e. The maximum Gasteiger partial charge on any atom is 0.191 e. The predicted molar refractivity (Wildman–Crippen MR) is 138 cm³/mol. The smallest absolute Gasteiger partial charge is 0.191 e. The molecule has 2 rings (SSSR count). The van der Waals surface area contributed by atoms with Crippen LogP contribution < -0.4 is 20.1 Å². The van der Waals surface area contributed by atoms with Crippen molar-refractivity contribution < 1.29 is 14.2 Å². The molecular formula is C22H38IN5O3. The Hall–Kier alpha value is -1.72. The van der Waals surface area contributed by atoms with E-state index in [-0.39, 0.29) is 24.0 Å². The quantitative estimate of drug-likeness (QED) is 0.155. The number of methoxy groups -OCH3 is 3. The highest BCUT2D eigenvalue weighted by Crippen LogP contribution is 2.31. The first-order valence-corrected chi connectivity index (χ1v) is 10.5. The van der Waals surface area contributed by atoms with Crippen LogP contribution in [0.3, 0.4) is 0 Å². The fourth-order valence-electron chi connectivity index (χ4n) is 3.32. The lowest BCUT2D eigenvalue weighted by atomic mass is 10.2. The van der Waals surface area contributed by atoms with Gasteiger partial charge in [-0.25, -0.2) is 0 Å². The van der Waals surface area contributed by atoms with Crippen LogP contribution in [0.5, 0.6) is 11.5 Å². The molecule has 0 aliphatic heterocycles. The molecule has 0 amide bonds. The Balaban J connectivity index is 0.00000480. The van der Waals surface area contributed by atoms with E-state index in [1.54, 1.807) is 28.4 Å². The van der Waals surface area contributed by atoms with Crippen LogP contribution in [0.15, 0.2) is 23.2 Å². The van der Waals surface area contributed by atoms with Crippen LogP contribution in [0.4, 0.5) is 0 Å². The molecule has 0 atom stereocenters. The summed E-state index contributed by atoms with van der Waals surface area (Å²) in [7, 11) is 9.01. The Morgan fingerprint density at radius 1 is 1.03 bits per heavy atom. The van der Waals surface area contributed by atoms with Gasteiger partial charge in [0, 0.05) is 70.2 Å². The summed E-state index contributed by atoms with van der Waals surface area (Å²) in [5, 5.41) is 7.83. The van der Waals surface area contributed by atoms with Crippen molar-refractivity contribution in [3.05, 3.63) is 23.9 Å². The lowest BCUT2D eigenvalue weighted by Crippen LogP contribution is -2.41. The zero-order valence-corrected chi connectivity index (χ0v) is 21.7. The number of aryl methyl sites for hydroxylation is 1. The summed E-state index contributed by atoms with van der Waals surface area (Å²) in [6, 6.07) is 6.06. The van der Waals surface area contributed by atoms with Gasteiger partial charge in [0.25, 0.3) is 0 Å². The normalized spacial score (nSPS) is 11.5. The minimum atomic E-state index is 0. The second kappa shape index (κ2) is 15.1. The summed E-state index contributed by atoms with van der Waals surface area (Å²) in [6.07, 6.45) is 2.97. The lowest BCUT2D eigenvalue weighted by molar-refractivity contribution is 0.180. The van der Waals surface area contributed by atoms with Crippen molar-refractivity contribution in [2.45, 2.75) is 19.3 Å². The van der Waals surface area contributed by atoms with E-state index in [0.717, 1.165) is 80.4 Å². The number of rotatable bonds is 13. The van der Waals surface area contributed by atoms with Crippen molar-refractivity contribution in [2.75, 3.05) is 68.2 Å². The number of fused-ring (bicyclic) bond motifs is 1. The number of ether oxygens (including phenoxy) is 3. The molecule has 0 spiro atoms. The molecule has 0 bridgehead atoms. The number of likely N-dealkylation sites (N-methyl/N-ethyl adjacent to an activating group) is 1. The molecule has 3 N–H and O–H groups in total. The topological polar surface area (TPSA) is 83.1 Å². The minimum absolute atomic E-state index is 0. The first kappa shape index (κ1) is 27.3. The van der Waals surface area contributed by atoms with Gasteiger partial charge in [-0.1, -0.05) is 0 Å². The molecule has 0 radical (unpaired) electrons. The van der Waals surface area contributed by atoms with Crippen molar-refractivity contribution in [2.24, 2.45) is 4.99 Å². The van der Waals surface area contributed by atoms with Gasteiger partial charge in [0.2, 0.25) is 0 Å². The maximum absolute atomic E-state index is 5.49. The highest BCUT2D eigenvalue weighted by molar-refractivity contribution is 14.0. The number of benzene rings is 1. The molecule has 0 saturated carbocycles. The molecule has 1 heterocycles. The maximum atomic E-state index is 5.49. The number of aromatic amines is 1. The zero-order valence-electron chi connectivity index (χ0n) is 19.4. The van der Waals surface area contributed by atoms with Crippen LogP contribution in [0.2, 0.25) is 0 Å². The zero-order chi connectivity index (χ0) is 21.8. The number of aliphatic imine (C=N–C) groups is 1. The highest BCUT2D eigenvalue weighted by atomic mass is 127. The summed E-state index contributed by atoms with van der Waals surface area (Å²) >= 11 is 0. The summed E-state index contributed by atoms with van der Waals surface area (Å²) in [5.41, 5.74) is 2.21. The van der Waals surface area contributed by atoms with E-state index >= 15 is 0 Å². The molecule has 2 aromatic rings. The largest absolute Gasteiger partial charge is 0.497 e. The average Bonchev–Trinajstić information content (AvgIpc) is 3.17. The van der Waals surface area contributed by atoms with Crippen molar-refractivity contribution in [1.82, 2.24) is 20.5 Å². The fraction of sp³-hybridized carbons (Fsp3) is 0.591. The van der Waals surface area contributed by atoms with Gasteiger partial charge < -0.3 is 34.7 Å². The standard InChI is InChI=1S/C22H37N5O3.HI/c1-23-22(25-10-12-27(2)11-7-13-28-3)24-9-6-8-17-14-19-20(26-17)15-18(29-4)16-21(19)30-5;/h14-16,26H,6-13H2,1-5H3,(H2,23,24,25);1H. The van der Waals surface area contributed by atoms with Crippen molar-refractivity contribution in [3.8, 4) is 11.5 Å². The number of H-pyrrole nitrogens is 1. The number of guanidine groups is 1. The highest BCUT2D eigenvalue weighted by Gasteiger charge is 2.09. The third kappa shape index (κ3) is 9.12. The van der Waals surface area contributed by atoms with E-state index in [4.69, 9.17) is 14.2 Å². The predicted octanol–water partition coefficient (Wildman–Crippen LogP) is 2.87. The van der Waals surface area contributed by atoms with E-state index in [9.17, 15) is 0 Å². The number of hydrogen-bond donors (Lipinski definition) is 3. The third-order valence-corrected chi connectivity index (χ3v) is 5.00. The molecule has 31 heavy (non-hydrogen) atoms. The molecular weight excluding hydrogens is 509 g/mol. The second-order valence-electron chi connectivity index (χ2n) is 7.26. The Bertz CT molecular complexity index is 797. The number of nitrogens with zero attached hydrogens (tertiary/aromatic N) is 2. The number of nitrogens with one attached hydrogen (secondary N) is 3. The van der Waals surface area contributed by atoms with Gasteiger partial charge >= 0.3 is 0 Å². The van der Waals surface area contributed by atoms with Gasteiger partial charge in [-0.05, 0) is 32.4 Å². The molecule has 1 aromatic heterocycles. The number of aromatic nitrogens is 1. The Morgan fingerprint density at radius 3 is 2.48 bits per heavy atom. The SMILES string of the molecule is CN=C(NCCCc1cc2c(OC)cc(OC)cc2[nH]1)NCCN(C)CCCOC.I. The molecule has 0 saturated heterocycles. The van der Waals surface area contributed by atoms with Gasteiger partial charge in [-0.2, -0.15) is 0 Å². The molecule has 0 unspecified atom stereocenters. The van der Waals surface area contributed by atoms with Crippen molar-refractivity contribution in [3.63, 3.8) is 0 Å². The van der Waals surface area contributed by atoms with Crippen molar-refractivity contribution in [1.29, 1.82) is 0 Å². The van der Waals surface area contributed by atoms with Crippen LogP contribution in [-0.2, 0) is 11.2 Å². The van der Waals surface area contributed by atoms with Gasteiger partial charge in [-0.15, -0.1) is 24.0 Å². The lowest BCUT2D eigenvalue weighted by Gasteiger charge is -2.18. The molecule has 0 aliphatic rings. The van der Waals surface area contributed by atoms with E-state index in [0.29, 0.717) is 0 Å². The number of hydrogen-bond acceptors (Lipinski definition) is 5. The molecule has 9 heteroatoms. The molecule has 0 fully saturated rings. The van der Waals surface area contributed by atoms with Crippen LogP contribution in [0.1, 0.15) is 18.5 Å². The van der Waals surface area contributed by atoms with Crippen LogP contribution >= 0.6 is 24.0 Å². The van der Waals surface area contributed by atoms with Crippen molar-refractivity contribution >= 4 is 40.8 Å². The molecule has 1 aromatic carbocycles. The van der Waals surface area contributed by atoms with Crippen LogP contribution in [0.25, 0.3) is 10.9 Å². The summed E-state index contributed by atoms with van der Waals surface area (Å²) in [6.45, 7) is 4.50. The van der Waals surface area contributed by atoms with Gasteiger partial charge in [0.15, 0.2) is 5.96 Å². The van der Waals surface area contributed by atoms with Gasteiger partial charge in [0.05, 0.1) is 19.7 Å². The van der Waals surface area contributed by atoms with E-state index in [2.05, 4.69) is 38.6 Å². The van der Waals surface area contributed by atoms with E-state index in [1.807, 2.05) is 12.1 Å². The summed E-state index contributed by atoms with van der Waals surface area (Å²) < 4.78 is 15.9. The third-order valence-electron chi connectivity index (χ3n) is 5.00.